The van der Waals surface area contributed by atoms with E-state index < -0.39 is 17.0 Å². The molecule has 5 heteroatoms. The summed E-state index contributed by atoms with van der Waals surface area (Å²) < 4.78 is 4.91. The molecule has 0 heterocycles. The fourth-order valence-corrected chi connectivity index (χ4v) is 6.96. The topological polar surface area (TPSA) is 80.7 Å². The first kappa shape index (κ1) is 19.6. The number of hydrogen-bond donors (Lipinski definition) is 1. The molecule has 1 N–H and O–H groups in total. The average molecular weight is 386 g/mol. The highest BCUT2D eigenvalue weighted by Gasteiger charge is 2.66. The van der Waals surface area contributed by atoms with Crippen LogP contribution in [0, 0.1) is 28.6 Å². The van der Waals surface area contributed by atoms with Crippen LogP contribution in [0.25, 0.3) is 0 Å². The van der Waals surface area contributed by atoms with Crippen molar-refractivity contribution in [2.45, 2.75) is 64.9 Å². The Morgan fingerprint density at radius 1 is 1.18 bits per heavy atom. The Balaban J connectivity index is 1.61. The van der Waals surface area contributed by atoms with Gasteiger partial charge in [-0.05, 0) is 68.4 Å². The summed E-state index contributed by atoms with van der Waals surface area (Å²) in [6.45, 7) is 5.23. The molecule has 0 aromatic heterocycles. The summed E-state index contributed by atoms with van der Waals surface area (Å²) in [5.74, 6) is 0.338. The highest BCUT2D eigenvalue weighted by Crippen LogP contribution is 2.67. The van der Waals surface area contributed by atoms with E-state index >= 15 is 0 Å². The zero-order valence-electron chi connectivity index (χ0n) is 17.0. The predicted molar refractivity (Wildman–Crippen MR) is 103 cm³/mol. The van der Waals surface area contributed by atoms with E-state index in [0.29, 0.717) is 18.3 Å². The van der Waals surface area contributed by atoms with Gasteiger partial charge in [-0.2, -0.15) is 0 Å². The number of ether oxygens (including phenoxy) is 1. The van der Waals surface area contributed by atoms with E-state index in [-0.39, 0.29) is 29.5 Å². The number of rotatable bonds is 3. The monoisotopic (exact) mass is 386 g/mol. The normalized spacial score (nSPS) is 44.2. The third kappa shape index (κ3) is 2.58. The highest BCUT2D eigenvalue weighted by atomic mass is 16.5. The molecular formula is C23H30O5. The summed E-state index contributed by atoms with van der Waals surface area (Å²) in [6.07, 6.45) is 10.5. The lowest BCUT2D eigenvalue weighted by molar-refractivity contribution is -0.168. The zero-order valence-corrected chi connectivity index (χ0v) is 17.0. The summed E-state index contributed by atoms with van der Waals surface area (Å²) >= 11 is 0. The summed E-state index contributed by atoms with van der Waals surface area (Å²) in [4.78, 5) is 35.8. The number of esters is 1. The van der Waals surface area contributed by atoms with Crippen molar-refractivity contribution in [2.24, 2.45) is 28.6 Å². The van der Waals surface area contributed by atoms with Crippen molar-refractivity contribution >= 4 is 17.5 Å². The minimum atomic E-state index is -1.42. The van der Waals surface area contributed by atoms with Crippen LogP contribution in [0.1, 0.15) is 59.3 Å². The van der Waals surface area contributed by atoms with Crippen molar-refractivity contribution in [3.8, 4) is 0 Å². The molecule has 6 atom stereocenters. The van der Waals surface area contributed by atoms with Crippen molar-refractivity contribution in [3.63, 3.8) is 0 Å². The Morgan fingerprint density at radius 2 is 1.89 bits per heavy atom. The molecule has 0 aliphatic heterocycles. The maximum Gasteiger partial charge on any atom is 0.303 e. The average Bonchev–Trinajstić information content (AvgIpc) is 2.92. The lowest BCUT2D eigenvalue weighted by atomic mass is 9.47. The molecule has 0 saturated heterocycles. The Kier molecular flexibility index (Phi) is 4.46. The first-order chi connectivity index (χ1) is 13.1. The lowest BCUT2D eigenvalue weighted by Gasteiger charge is -2.57. The summed E-state index contributed by atoms with van der Waals surface area (Å²) in [5, 5.41) is 11.4. The van der Waals surface area contributed by atoms with Crippen LogP contribution in [-0.4, -0.2) is 34.9 Å². The second-order valence-electron chi connectivity index (χ2n) is 9.66. The highest BCUT2D eigenvalue weighted by molar-refractivity contribution is 6.01. The van der Waals surface area contributed by atoms with Gasteiger partial charge in [-0.25, -0.2) is 0 Å². The Bertz CT molecular complexity index is 795. The minimum absolute atomic E-state index is 0.0814. The number of allylic oxidation sites excluding steroid dienone is 4. The molecule has 28 heavy (non-hydrogen) atoms. The Labute approximate surface area is 166 Å². The number of aliphatic hydroxyl groups is 1. The van der Waals surface area contributed by atoms with E-state index in [1.54, 1.807) is 6.08 Å². The molecule has 152 valence electrons. The van der Waals surface area contributed by atoms with Gasteiger partial charge in [0.05, 0.1) is 0 Å². The largest absolute Gasteiger partial charge is 0.458 e. The van der Waals surface area contributed by atoms with Crippen LogP contribution in [0.2, 0.25) is 0 Å². The molecule has 5 unspecified atom stereocenters. The third-order valence-electron chi connectivity index (χ3n) is 8.58. The molecule has 4 rings (SSSR count). The Hall–Kier alpha value is -1.75. The minimum Gasteiger partial charge on any atom is -0.458 e. The summed E-state index contributed by atoms with van der Waals surface area (Å²) in [6, 6.07) is 0. The number of fused-ring (bicyclic) bond motifs is 5. The van der Waals surface area contributed by atoms with Crippen LogP contribution >= 0.6 is 0 Å². The van der Waals surface area contributed by atoms with Crippen LogP contribution in [0.5, 0.6) is 0 Å². The number of ketones is 2. The van der Waals surface area contributed by atoms with Crippen molar-refractivity contribution in [1.82, 2.24) is 0 Å². The molecule has 0 amide bonds. The van der Waals surface area contributed by atoms with E-state index in [0.717, 1.165) is 32.1 Å². The molecular weight excluding hydrogens is 356 g/mol. The molecule has 3 fully saturated rings. The van der Waals surface area contributed by atoms with Gasteiger partial charge < -0.3 is 9.84 Å². The van der Waals surface area contributed by atoms with Gasteiger partial charge in [-0.3, -0.25) is 14.4 Å². The number of hydrogen-bond acceptors (Lipinski definition) is 5. The Morgan fingerprint density at radius 3 is 2.61 bits per heavy atom. The van der Waals surface area contributed by atoms with Crippen molar-refractivity contribution in [3.05, 3.63) is 23.8 Å². The van der Waals surface area contributed by atoms with Gasteiger partial charge >= 0.3 is 5.97 Å². The van der Waals surface area contributed by atoms with E-state index in [2.05, 4.69) is 19.9 Å². The van der Waals surface area contributed by atoms with Gasteiger partial charge in [0.25, 0.3) is 0 Å². The molecule has 0 radical (unpaired) electrons. The second-order valence-corrected chi connectivity index (χ2v) is 9.66. The van der Waals surface area contributed by atoms with Gasteiger partial charge in [0, 0.05) is 17.8 Å². The van der Waals surface area contributed by atoms with Crippen LogP contribution in [0.15, 0.2) is 23.8 Å². The maximum absolute atomic E-state index is 12.8. The van der Waals surface area contributed by atoms with Crippen LogP contribution in [0.4, 0.5) is 0 Å². The van der Waals surface area contributed by atoms with Gasteiger partial charge in [0.15, 0.2) is 12.4 Å². The van der Waals surface area contributed by atoms with Gasteiger partial charge in [0.1, 0.15) is 5.60 Å². The van der Waals surface area contributed by atoms with Gasteiger partial charge in [-0.15, -0.1) is 0 Å². The SMILES string of the molecule is CC(=O)OCC(=O)[C@@]1(O)CCC2C3CCC4=CC(=O)C=CC4(C)C3CCC21C. The fourth-order valence-electron chi connectivity index (χ4n) is 6.96. The summed E-state index contributed by atoms with van der Waals surface area (Å²) in [5.41, 5.74) is -0.769. The second kappa shape index (κ2) is 6.38. The van der Waals surface area contributed by atoms with Gasteiger partial charge in [0.2, 0.25) is 5.78 Å². The molecule has 0 bridgehead atoms. The van der Waals surface area contributed by atoms with E-state index in [4.69, 9.17) is 4.74 Å². The van der Waals surface area contributed by atoms with Crippen LogP contribution in [-0.2, 0) is 19.1 Å². The molecule has 0 aromatic carbocycles. The number of carbonyl (C=O) groups is 3. The van der Waals surface area contributed by atoms with Crippen LogP contribution < -0.4 is 0 Å². The molecule has 5 nitrogen and oxygen atoms in total. The van der Waals surface area contributed by atoms with Crippen molar-refractivity contribution in [1.29, 1.82) is 0 Å². The molecule has 4 aliphatic rings. The standard InChI is InChI=1S/C23H30O5/c1-14(24)28-13-20(26)23(27)11-8-19-17-5-4-15-12-16(25)6-9-21(15,2)18(17)7-10-22(19,23)3/h6,9,12,17-19,27H,4-5,7-8,10-11,13H2,1-3H3/t17?,18?,19?,21?,22?,23-/m0/s1. The first-order valence-corrected chi connectivity index (χ1v) is 10.4. The van der Waals surface area contributed by atoms with E-state index in [9.17, 15) is 19.5 Å². The summed E-state index contributed by atoms with van der Waals surface area (Å²) in [7, 11) is 0. The fraction of sp³-hybridized carbons (Fsp3) is 0.696. The van der Waals surface area contributed by atoms with Crippen molar-refractivity contribution < 1.29 is 24.2 Å². The quantitative estimate of drug-likeness (QED) is 0.754. The van der Waals surface area contributed by atoms with E-state index in [1.807, 2.05) is 6.08 Å². The number of Topliss-reactive ketones (excluding diaryl/α,β-unsaturated/α-hetero) is 1. The number of carbonyl (C=O) groups excluding carboxylic acids is 3. The maximum atomic E-state index is 12.8. The first-order valence-electron chi connectivity index (χ1n) is 10.4. The molecule has 3 saturated carbocycles. The molecule has 4 aliphatic carbocycles. The zero-order chi connectivity index (χ0) is 20.3. The van der Waals surface area contributed by atoms with Crippen LogP contribution in [0.3, 0.4) is 0 Å². The lowest BCUT2D eigenvalue weighted by Crippen LogP contribution is -2.58. The molecule has 0 aromatic rings. The third-order valence-corrected chi connectivity index (χ3v) is 8.58. The van der Waals surface area contributed by atoms with Crippen molar-refractivity contribution in [2.75, 3.05) is 6.61 Å². The van der Waals surface area contributed by atoms with E-state index in [1.165, 1.54) is 12.5 Å². The molecule has 0 spiro atoms. The smallest absolute Gasteiger partial charge is 0.303 e. The predicted octanol–water partition coefficient (Wildman–Crippen LogP) is 3.16. The van der Waals surface area contributed by atoms with Gasteiger partial charge in [-0.1, -0.05) is 25.5 Å².